The quantitative estimate of drug-likeness (QED) is 0.293. The maximum Gasteiger partial charge on any atom is 0.309 e. The van der Waals surface area contributed by atoms with Crippen molar-refractivity contribution in [1.82, 2.24) is 4.90 Å². The number of carboxylic acid groups (broad SMARTS) is 1. The highest BCUT2D eigenvalue weighted by Gasteiger charge is 2.48. The number of aliphatic carboxylic acids is 1. The van der Waals surface area contributed by atoms with Crippen molar-refractivity contribution in [3.8, 4) is 17.2 Å². The molecule has 6 rings (SSSR count). The number of carbonyl (C=O) groups excluding carboxylic acids is 1. The molecular weight excluding hydrogens is 610 g/mol. The van der Waals surface area contributed by atoms with Crippen LogP contribution in [-0.2, 0) is 27.2 Å². The summed E-state index contributed by atoms with van der Waals surface area (Å²) in [6.45, 7) is 7.40. The van der Waals surface area contributed by atoms with E-state index in [2.05, 4.69) is 10.2 Å². The minimum absolute atomic E-state index is 0.00673. The molecule has 244 valence electrons. The number of methoxy groups -OCH3 is 1. The Hall–Kier alpha value is -3.99. The molecule has 0 aliphatic carbocycles. The lowest BCUT2D eigenvalue weighted by Crippen LogP contribution is -2.36. The first-order valence-corrected chi connectivity index (χ1v) is 16.2. The summed E-state index contributed by atoms with van der Waals surface area (Å²) in [7, 11) is 1.55. The second kappa shape index (κ2) is 13.8. The van der Waals surface area contributed by atoms with Gasteiger partial charge >= 0.3 is 5.97 Å². The topological polar surface area (TPSA) is 110 Å². The van der Waals surface area contributed by atoms with Crippen molar-refractivity contribution < 1.29 is 33.6 Å². The Balaban J connectivity index is 1.35. The van der Waals surface area contributed by atoms with Crippen LogP contribution in [0.5, 0.6) is 17.2 Å². The van der Waals surface area contributed by atoms with E-state index in [4.69, 9.17) is 30.5 Å². The summed E-state index contributed by atoms with van der Waals surface area (Å²) >= 11 is 6.37. The molecule has 2 saturated heterocycles. The van der Waals surface area contributed by atoms with Gasteiger partial charge in [-0.15, -0.1) is 0 Å². The number of likely N-dealkylation sites (tertiary alicyclic amines) is 1. The zero-order valence-corrected chi connectivity index (χ0v) is 27.1. The van der Waals surface area contributed by atoms with E-state index in [0.29, 0.717) is 54.9 Å². The normalized spacial score (nSPS) is 21.0. The Labute approximate surface area is 274 Å². The van der Waals surface area contributed by atoms with Crippen LogP contribution in [0.25, 0.3) is 0 Å². The van der Waals surface area contributed by atoms with Gasteiger partial charge in [0.1, 0.15) is 0 Å². The molecule has 0 spiro atoms. The second-order valence-electron chi connectivity index (χ2n) is 11.8. The zero-order chi connectivity index (χ0) is 32.4. The molecule has 3 heterocycles. The molecule has 3 atom stereocenters. The molecule has 3 aromatic carbocycles. The number of anilines is 2. The number of rotatable bonds is 10. The van der Waals surface area contributed by atoms with E-state index in [-0.39, 0.29) is 19.2 Å². The van der Waals surface area contributed by atoms with Crippen LogP contribution in [0.2, 0.25) is 5.02 Å². The fourth-order valence-corrected chi connectivity index (χ4v) is 7.27. The van der Waals surface area contributed by atoms with Crippen molar-refractivity contribution >= 4 is 34.9 Å². The summed E-state index contributed by atoms with van der Waals surface area (Å²) in [5, 5.41) is 14.5. The molecular formula is C35H40ClN3O7. The van der Waals surface area contributed by atoms with Gasteiger partial charge in [0, 0.05) is 48.0 Å². The van der Waals surface area contributed by atoms with Crippen molar-refractivity contribution in [2.45, 2.75) is 38.6 Å². The molecule has 2 fully saturated rings. The largest absolute Gasteiger partial charge is 0.493 e. The highest BCUT2D eigenvalue weighted by molar-refractivity contribution is 6.30. The summed E-state index contributed by atoms with van der Waals surface area (Å²) in [5.74, 6) is -0.947. The van der Waals surface area contributed by atoms with E-state index < -0.39 is 23.8 Å². The smallest absolute Gasteiger partial charge is 0.309 e. The van der Waals surface area contributed by atoms with E-state index in [9.17, 15) is 14.7 Å². The number of nitrogens with one attached hydrogen (secondary N) is 1. The molecule has 0 radical (unpaired) electrons. The summed E-state index contributed by atoms with van der Waals surface area (Å²) in [5.41, 5.74) is 5.34. The molecule has 3 aliphatic rings. The molecule has 2 N–H and O–H groups in total. The Kier molecular flexibility index (Phi) is 9.58. The highest BCUT2D eigenvalue weighted by Crippen LogP contribution is 2.50. The second-order valence-corrected chi connectivity index (χ2v) is 12.3. The Morgan fingerprint density at radius 2 is 1.70 bits per heavy atom. The monoisotopic (exact) mass is 649 g/mol. The highest BCUT2D eigenvalue weighted by atomic mass is 35.5. The standard InChI is InChI=1S/C35H40ClN3O7/c1-4-21-14-25(36)15-22(5-2)32(21)37-30(40)19-39-18-27(24-16-28(43-3)34-29(17-24)45-20-46-34)31(35(41)42)33(39)23-6-8-26(9-7-23)38-10-12-44-13-11-38/h6-9,14-17,27,31,33H,4-5,10-13,18-20H2,1-3H3,(H,37,40)(H,41,42)/t27-,31?,33+/m1/s1. The number of carbonyl (C=O) groups is 2. The SMILES string of the molecule is CCc1cc(Cl)cc(CC)c1NC(=O)CN1C[C@H](c2cc(OC)c3c(c2)OCO3)C(C(=O)O)[C@@H]1c1ccc(N2CCOCC2)cc1. The van der Waals surface area contributed by atoms with Crippen LogP contribution >= 0.6 is 11.6 Å². The minimum atomic E-state index is -0.939. The molecule has 46 heavy (non-hydrogen) atoms. The van der Waals surface area contributed by atoms with Crippen LogP contribution in [0.15, 0.2) is 48.5 Å². The van der Waals surface area contributed by atoms with Crippen LogP contribution in [0.1, 0.15) is 48.1 Å². The average molecular weight is 650 g/mol. The Morgan fingerprint density at radius 3 is 2.33 bits per heavy atom. The first-order chi connectivity index (χ1) is 22.3. The molecule has 3 aliphatic heterocycles. The number of aryl methyl sites for hydroxylation is 2. The van der Waals surface area contributed by atoms with Gasteiger partial charge < -0.3 is 34.3 Å². The van der Waals surface area contributed by atoms with Crippen LogP contribution in [0.3, 0.4) is 0 Å². The molecule has 0 bridgehead atoms. The number of halogens is 1. The fraction of sp³-hybridized carbons (Fsp3) is 0.429. The number of amides is 1. The molecule has 10 nitrogen and oxygen atoms in total. The van der Waals surface area contributed by atoms with Crippen molar-refractivity contribution in [2.75, 3.05) is 63.5 Å². The number of fused-ring (bicyclic) bond motifs is 1. The van der Waals surface area contributed by atoms with Gasteiger partial charge in [0.25, 0.3) is 0 Å². The Morgan fingerprint density at radius 1 is 1.00 bits per heavy atom. The van der Waals surface area contributed by atoms with Crippen LogP contribution < -0.4 is 24.4 Å². The van der Waals surface area contributed by atoms with Gasteiger partial charge in [-0.1, -0.05) is 37.6 Å². The van der Waals surface area contributed by atoms with Crippen LogP contribution in [0, 0.1) is 5.92 Å². The molecule has 0 saturated carbocycles. The van der Waals surface area contributed by atoms with Crippen LogP contribution in [0.4, 0.5) is 11.4 Å². The number of carboxylic acids is 1. The van der Waals surface area contributed by atoms with E-state index in [1.807, 2.05) is 67.3 Å². The average Bonchev–Trinajstić information content (AvgIpc) is 3.70. The van der Waals surface area contributed by atoms with E-state index in [1.165, 1.54) is 0 Å². The number of nitrogens with zero attached hydrogens (tertiary/aromatic N) is 2. The molecule has 1 unspecified atom stereocenters. The minimum Gasteiger partial charge on any atom is -0.493 e. The maximum absolute atomic E-state index is 13.8. The van der Waals surface area contributed by atoms with Gasteiger partial charge in [0.15, 0.2) is 11.5 Å². The number of ether oxygens (including phenoxy) is 4. The maximum atomic E-state index is 13.8. The predicted octanol–water partition coefficient (Wildman–Crippen LogP) is 5.52. The Bertz CT molecular complexity index is 1570. The third-order valence-electron chi connectivity index (χ3n) is 9.24. The van der Waals surface area contributed by atoms with Gasteiger partial charge in [0.05, 0.1) is 32.8 Å². The first-order valence-electron chi connectivity index (χ1n) is 15.8. The lowest BCUT2D eigenvalue weighted by Gasteiger charge is -2.30. The van der Waals surface area contributed by atoms with E-state index >= 15 is 0 Å². The van der Waals surface area contributed by atoms with Gasteiger partial charge in [-0.2, -0.15) is 0 Å². The first kappa shape index (κ1) is 32.0. The predicted molar refractivity (Wildman–Crippen MR) is 176 cm³/mol. The van der Waals surface area contributed by atoms with Crippen molar-refractivity contribution in [3.05, 3.63) is 75.8 Å². The molecule has 3 aromatic rings. The zero-order valence-electron chi connectivity index (χ0n) is 26.4. The van der Waals surface area contributed by atoms with Gasteiger partial charge in [-0.05, 0) is 71.5 Å². The number of hydrogen-bond acceptors (Lipinski definition) is 8. The lowest BCUT2D eigenvalue weighted by molar-refractivity contribution is -0.143. The van der Waals surface area contributed by atoms with Gasteiger partial charge in [0.2, 0.25) is 18.4 Å². The van der Waals surface area contributed by atoms with Crippen molar-refractivity contribution in [2.24, 2.45) is 5.92 Å². The third kappa shape index (κ3) is 6.34. The molecule has 1 amide bonds. The van der Waals surface area contributed by atoms with Gasteiger partial charge in [-0.25, -0.2) is 0 Å². The summed E-state index contributed by atoms with van der Waals surface area (Å²) in [6.07, 6.45) is 1.42. The van der Waals surface area contributed by atoms with Crippen molar-refractivity contribution in [3.63, 3.8) is 0 Å². The summed E-state index contributed by atoms with van der Waals surface area (Å²) in [6, 6.07) is 14.9. The summed E-state index contributed by atoms with van der Waals surface area (Å²) in [4.78, 5) is 31.2. The van der Waals surface area contributed by atoms with Crippen molar-refractivity contribution in [1.29, 1.82) is 0 Å². The number of morpholine rings is 1. The molecule has 11 heteroatoms. The van der Waals surface area contributed by atoms with Crippen LogP contribution in [-0.4, -0.2) is 75.2 Å². The number of benzene rings is 3. The van der Waals surface area contributed by atoms with E-state index in [1.54, 1.807) is 7.11 Å². The lowest BCUT2D eigenvalue weighted by atomic mass is 9.82. The van der Waals surface area contributed by atoms with Gasteiger partial charge in [-0.3, -0.25) is 14.5 Å². The molecule has 0 aromatic heterocycles. The summed E-state index contributed by atoms with van der Waals surface area (Å²) < 4.78 is 22.4. The third-order valence-corrected chi connectivity index (χ3v) is 9.46. The number of hydrogen-bond donors (Lipinski definition) is 2. The fourth-order valence-electron chi connectivity index (χ4n) is 7.00. The van der Waals surface area contributed by atoms with E-state index in [0.717, 1.165) is 46.7 Å².